The maximum absolute atomic E-state index is 11.9. The van der Waals surface area contributed by atoms with Gasteiger partial charge in [-0.25, -0.2) is 0 Å². The monoisotopic (exact) mass is 320 g/mol. The van der Waals surface area contributed by atoms with Gasteiger partial charge < -0.3 is 9.47 Å². The highest BCUT2D eigenvalue weighted by Crippen LogP contribution is 2.27. The summed E-state index contributed by atoms with van der Waals surface area (Å²) in [6.07, 6.45) is 5.75. The lowest BCUT2D eigenvalue weighted by atomic mass is 9.89. The number of benzene rings is 1. The molecule has 0 aliphatic rings. The predicted octanol–water partition coefficient (Wildman–Crippen LogP) is 4.90. The van der Waals surface area contributed by atoms with Gasteiger partial charge in [0, 0.05) is 13.3 Å². The third-order valence-electron chi connectivity index (χ3n) is 3.38. The molecule has 1 aromatic rings. The molecule has 0 saturated carbocycles. The summed E-state index contributed by atoms with van der Waals surface area (Å²) in [4.78, 5) is 22.9. The van der Waals surface area contributed by atoms with Crippen LogP contribution >= 0.6 is 0 Å². The highest BCUT2D eigenvalue weighted by Gasteiger charge is 2.12. The van der Waals surface area contributed by atoms with Crippen molar-refractivity contribution >= 4 is 11.9 Å². The fraction of sp³-hybridized carbons (Fsp3) is 0.579. The minimum atomic E-state index is -0.438. The van der Waals surface area contributed by atoms with Crippen LogP contribution in [-0.4, -0.2) is 11.9 Å². The van der Waals surface area contributed by atoms with E-state index < -0.39 is 5.97 Å². The second kappa shape index (κ2) is 9.33. The van der Waals surface area contributed by atoms with Gasteiger partial charge in [-0.3, -0.25) is 9.59 Å². The van der Waals surface area contributed by atoms with Gasteiger partial charge in [0.15, 0.2) is 11.5 Å². The van der Waals surface area contributed by atoms with Gasteiger partial charge in [-0.05, 0) is 30.4 Å². The van der Waals surface area contributed by atoms with E-state index in [4.69, 9.17) is 9.47 Å². The summed E-state index contributed by atoms with van der Waals surface area (Å²) >= 11 is 0. The first-order valence-corrected chi connectivity index (χ1v) is 8.26. The van der Waals surface area contributed by atoms with Crippen molar-refractivity contribution in [2.24, 2.45) is 5.41 Å². The van der Waals surface area contributed by atoms with Crippen molar-refractivity contribution in [1.82, 2.24) is 0 Å². The number of carbonyl (C=O) groups is 2. The van der Waals surface area contributed by atoms with E-state index in [1.54, 1.807) is 24.3 Å². The molecule has 0 bridgehead atoms. The molecular formula is C19H28O4. The Morgan fingerprint density at radius 1 is 0.913 bits per heavy atom. The second-order valence-corrected chi connectivity index (χ2v) is 6.99. The van der Waals surface area contributed by atoms with Crippen LogP contribution in [0, 0.1) is 5.41 Å². The number of hydrogen-bond acceptors (Lipinski definition) is 4. The van der Waals surface area contributed by atoms with Crippen LogP contribution in [0.25, 0.3) is 0 Å². The van der Waals surface area contributed by atoms with E-state index in [-0.39, 0.29) is 11.7 Å². The van der Waals surface area contributed by atoms with Gasteiger partial charge in [-0.15, -0.1) is 0 Å². The summed E-state index contributed by atoms with van der Waals surface area (Å²) in [6, 6.07) is 6.70. The molecule has 4 heteroatoms. The average molecular weight is 320 g/mol. The molecule has 0 atom stereocenters. The Morgan fingerprint density at radius 2 is 1.48 bits per heavy atom. The molecule has 0 heterocycles. The number of para-hydroxylation sites is 2. The Balaban J connectivity index is 2.30. The summed E-state index contributed by atoms with van der Waals surface area (Å²) in [7, 11) is 0. The van der Waals surface area contributed by atoms with E-state index in [0.29, 0.717) is 17.6 Å². The second-order valence-electron chi connectivity index (χ2n) is 6.99. The zero-order valence-electron chi connectivity index (χ0n) is 14.7. The Morgan fingerprint density at radius 3 is 2.04 bits per heavy atom. The normalized spacial score (nSPS) is 11.1. The molecule has 4 nitrogen and oxygen atoms in total. The van der Waals surface area contributed by atoms with E-state index in [9.17, 15) is 9.59 Å². The molecule has 0 spiro atoms. The van der Waals surface area contributed by atoms with Crippen molar-refractivity contribution in [2.45, 2.75) is 66.2 Å². The fourth-order valence-electron chi connectivity index (χ4n) is 2.23. The number of esters is 2. The lowest BCUT2D eigenvalue weighted by Gasteiger charge is -2.17. The fourth-order valence-corrected chi connectivity index (χ4v) is 2.23. The van der Waals surface area contributed by atoms with Gasteiger partial charge in [0.2, 0.25) is 0 Å². The molecule has 0 amide bonds. The highest BCUT2D eigenvalue weighted by atomic mass is 16.6. The number of ether oxygens (including phenoxy) is 2. The molecule has 0 aliphatic carbocycles. The van der Waals surface area contributed by atoms with Gasteiger partial charge >= 0.3 is 11.9 Å². The Bertz CT molecular complexity index is 514. The van der Waals surface area contributed by atoms with E-state index >= 15 is 0 Å². The number of unbranched alkanes of at least 4 members (excludes halogenated alkanes) is 3. The first-order chi connectivity index (χ1) is 10.8. The molecular weight excluding hydrogens is 292 g/mol. The zero-order chi connectivity index (χ0) is 17.3. The lowest BCUT2D eigenvalue weighted by molar-refractivity contribution is -0.136. The molecule has 0 unspecified atom stereocenters. The van der Waals surface area contributed by atoms with E-state index in [2.05, 4.69) is 20.8 Å². The Hall–Kier alpha value is -1.84. The third kappa shape index (κ3) is 9.01. The van der Waals surface area contributed by atoms with Crippen LogP contribution in [-0.2, 0) is 9.59 Å². The maximum Gasteiger partial charge on any atom is 0.311 e. The molecule has 0 N–H and O–H groups in total. The minimum Gasteiger partial charge on any atom is -0.423 e. The van der Waals surface area contributed by atoms with Crippen molar-refractivity contribution < 1.29 is 19.1 Å². The molecule has 0 aliphatic heterocycles. The summed E-state index contributed by atoms with van der Waals surface area (Å²) in [5.41, 5.74) is 0.374. The van der Waals surface area contributed by atoms with E-state index in [1.165, 1.54) is 19.8 Å². The van der Waals surface area contributed by atoms with Crippen LogP contribution < -0.4 is 9.47 Å². The van der Waals surface area contributed by atoms with Gasteiger partial charge in [0.05, 0.1) is 0 Å². The quantitative estimate of drug-likeness (QED) is 0.388. The zero-order valence-corrected chi connectivity index (χ0v) is 14.7. The average Bonchev–Trinajstić information content (AvgIpc) is 2.43. The Kier molecular flexibility index (Phi) is 7.79. The molecule has 0 saturated heterocycles. The van der Waals surface area contributed by atoms with Crippen molar-refractivity contribution in [2.75, 3.05) is 0 Å². The highest BCUT2D eigenvalue weighted by molar-refractivity contribution is 5.75. The molecule has 1 aromatic carbocycles. The summed E-state index contributed by atoms with van der Waals surface area (Å²) in [5.74, 6) is -0.160. The smallest absolute Gasteiger partial charge is 0.311 e. The summed E-state index contributed by atoms with van der Waals surface area (Å²) < 4.78 is 10.3. The van der Waals surface area contributed by atoms with Crippen LogP contribution in [0.2, 0.25) is 0 Å². The van der Waals surface area contributed by atoms with Crippen molar-refractivity contribution in [1.29, 1.82) is 0 Å². The van der Waals surface area contributed by atoms with E-state index in [0.717, 1.165) is 19.3 Å². The molecule has 0 aromatic heterocycles. The molecule has 128 valence electrons. The van der Waals surface area contributed by atoms with Crippen molar-refractivity contribution in [3.05, 3.63) is 24.3 Å². The third-order valence-corrected chi connectivity index (χ3v) is 3.38. The predicted molar refractivity (Wildman–Crippen MR) is 90.5 cm³/mol. The topological polar surface area (TPSA) is 52.6 Å². The van der Waals surface area contributed by atoms with Gasteiger partial charge in [0.25, 0.3) is 0 Å². The van der Waals surface area contributed by atoms with E-state index in [1.807, 2.05) is 0 Å². The Labute approximate surface area is 139 Å². The SMILES string of the molecule is CC(=O)Oc1ccccc1OC(=O)CCCCCCC(C)(C)C. The number of carbonyl (C=O) groups excluding carboxylic acids is 2. The first kappa shape index (κ1) is 19.2. The maximum atomic E-state index is 11.9. The molecule has 0 radical (unpaired) electrons. The van der Waals surface area contributed by atoms with Crippen LogP contribution in [0.4, 0.5) is 0 Å². The number of hydrogen-bond donors (Lipinski definition) is 0. The lowest BCUT2D eigenvalue weighted by Crippen LogP contribution is -2.10. The number of rotatable bonds is 8. The van der Waals surface area contributed by atoms with Crippen LogP contribution in [0.3, 0.4) is 0 Å². The summed E-state index contributed by atoms with van der Waals surface area (Å²) in [5, 5.41) is 0. The van der Waals surface area contributed by atoms with Gasteiger partial charge in [0.1, 0.15) is 0 Å². The van der Waals surface area contributed by atoms with Crippen molar-refractivity contribution in [3.63, 3.8) is 0 Å². The van der Waals surface area contributed by atoms with Crippen LogP contribution in [0.1, 0.15) is 66.2 Å². The van der Waals surface area contributed by atoms with Crippen LogP contribution in [0.15, 0.2) is 24.3 Å². The molecule has 23 heavy (non-hydrogen) atoms. The van der Waals surface area contributed by atoms with Crippen LogP contribution in [0.5, 0.6) is 11.5 Å². The van der Waals surface area contributed by atoms with Crippen molar-refractivity contribution in [3.8, 4) is 11.5 Å². The van der Waals surface area contributed by atoms with Gasteiger partial charge in [-0.2, -0.15) is 0 Å². The minimum absolute atomic E-state index is 0.276. The largest absolute Gasteiger partial charge is 0.423 e. The first-order valence-electron chi connectivity index (χ1n) is 8.26. The molecule has 0 fully saturated rings. The van der Waals surface area contributed by atoms with Gasteiger partial charge in [-0.1, -0.05) is 52.2 Å². The standard InChI is InChI=1S/C19H28O4/c1-15(20)22-16-11-8-9-12-17(16)23-18(21)13-7-5-6-10-14-19(2,3)4/h8-9,11-12H,5-7,10,13-14H2,1-4H3. The summed E-state index contributed by atoms with van der Waals surface area (Å²) in [6.45, 7) is 8.04. The molecule has 1 rings (SSSR count).